The topological polar surface area (TPSA) is 86.8 Å². The van der Waals surface area contributed by atoms with Crippen LogP contribution in [-0.2, 0) is 39.0 Å². The largest absolute Gasteiger partial charge is 0.354 e. The van der Waals surface area contributed by atoms with E-state index in [0.717, 1.165) is 29.5 Å². The molecule has 1 N–H and O–H groups in total. The van der Waals surface area contributed by atoms with Crippen molar-refractivity contribution in [1.82, 2.24) is 10.2 Å². The standard InChI is InChI=1S/C32H40ClN3O4S/c1-4-21-34-32(38)30(23-26-12-7-6-8-13-26)35(24-27-14-9-10-15-29(27)33)31(37)16-11-22-36(41(3,39)40)28-19-17-25(5-2)18-20-28/h6-10,12-15,17-20,30H,4-5,11,16,21-24H2,1-3H3,(H,34,38). The molecule has 0 spiro atoms. The molecule has 0 aromatic heterocycles. The predicted octanol–water partition coefficient (Wildman–Crippen LogP) is 5.61. The molecule has 1 atom stereocenters. The summed E-state index contributed by atoms with van der Waals surface area (Å²) in [5, 5.41) is 3.47. The van der Waals surface area contributed by atoms with Crippen LogP contribution in [0.5, 0.6) is 0 Å². The number of benzene rings is 3. The van der Waals surface area contributed by atoms with Crippen LogP contribution >= 0.6 is 11.6 Å². The first-order valence-electron chi connectivity index (χ1n) is 14.0. The Balaban J connectivity index is 1.87. The molecule has 2 amide bonds. The van der Waals surface area contributed by atoms with Crippen LogP contribution in [0.1, 0.15) is 49.8 Å². The van der Waals surface area contributed by atoms with Crippen molar-refractivity contribution in [2.75, 3.05) is 23.7 Å². The van der Waals surface area contributed by atoms with Gasteiger partial charge in [-0.15, -0.1) is 0 Å². The quantitative estimate of drug-likeness (QED) is 0.247. The fraction of sp³-hybridized carbons (Fsp3) is 0.375. The van der Waals surface area contributed by atoms with Gasteiger partial charge in [-0.2, -0.15) is 0 Å². The number of halogens is 1. The van der Waals surface area contributed by atoms with Gasteiger partial charge in [-0.1, -0.05) is 86.1 Å². The van der Waals surface area contributed by atoms with Crippen LogP contribution in [0.3, 0.4) is 0 Å². The lowest BCUT2D eigenvalue weighted by molar-refractivity contribution is -0.141. The number of sulfonamides is 1. The molecule has 0 heterocycles. The Morgan fingerprint density at radius 3 is 2.17 bits per heavy atom. The Kier molecular flexibility index (Phi) is 12.2. The van der Waals surface area contributed by atoms with Crippen LogP contribution < -0.4 is 9.62 Å². The molecule has 7 nitrogen and oxygen atoms in total. The van der Waals surface area contributed by atoms with E-state index < -0.39 is 16.1 Å². The molecule has 3 aromatic rings. The molecule has 0 saturated heterocycles. The zero-order chi connectivity index (χ0) is 29.8. The van der Waals surface area contributed by atoms with Gasteiger partial charge in [0.05, 0.1) is 11.9 Å². The minimum atomic E-state index is -3.56. The average molecular weight is 598 g/mol. The number of carbonyl (C=O) groups is 2. The van der Waals surface area contributed by atoms with Gasteiger partial charge in [-0.25, -0.2) is 8.42 Å². The first-order valence-corrected chi connectivity index (χ1v) is 16.3. The summed E-state index contributed by atoms with van der Waals surface area (Å²) < 4.78 is 26.6. The molecule has 9 heteroatoms. The van der Waals surface area contributed by atoms with Gasteiger partial charge in [0, 0.05) is 37.5 Å². The molecule has 0 aliphatic heterocycles. The van der Waals surface area contributed by atoms with Gasteiger partial charge in [-0.05, 0) is 54.2 Å². The van der Waals surface area contributed by atoms with Crippen molar-refractivity contribution in [1.29, 1.82) is 0 Å². The number of rotatable bonds is 15. The molecule has 41 heavy (non-hydrogen) atoms. The summed E-state index contributed by atoms with van der Waals surface area (Å²) in [6, 6.07) is 23.5. The van der Waals surface area contributed by atoms with Gasteiger partial charge in [0.2, 0.25) is 21.8 Å². The molecule has 0 radical (unpaired) electrons. The third-order valence-corrected chi connectivity index (χ3v) is 8.47. The van der Waals surface area contributed by atoms with Gasteiger partial charge < -0.3 is 10.2 Å². The number of aryl methyl sites for hydroxylation is 1. The third-order valence-electron chi connectivity index (χ3n) is 6.90. The van der Waals surface area contributed by atoms with Crippen LogP contribution in [0.25, 0.3) is 0 Å². The molecule has 0 bridgehead atoms. The predicted molar refractivity (Wildman–Crippen MR) is 166 cm³/mol. The van der Waals surface area contributed by atoms with Gasteiger partial charge >= 0.3 is 0 Å². The molecule has 0 saturated carbocycles. The fourth-order valence-electron chi connectivity index (χ4n) is 4.63. The highest BCUT2D eigenvalue weighted by atomic mass is 35.5. The van der Waals surface area contributed by atoms with Crippen molar-refractivity contribution in [3.8, 4) is 0 Å². The van der Waals surface area contributed by atoms with Crippen molar-refractivity contribution in [2.45, 2.75) is 58.5 Å². The molecule has 220 valence electrons. The van der Waals surface area contributed by atoms with Crippen molar-refractivity contribution < 1.29 is 18.0 Å². The first kappa shape index (κ1) is 32.2. The van der Waals surface area contributed by atoms with E-state index in [0.29, 0.717) is 23.7 Å². The third kappa shape index (κ3) is 9.61. The Morgan fingerprint density at radius 2 is 1.56 bits per heavy atom. The number of nitrogens with zero attached hydrogens (tertiary/aromatic N) is 2. The monoisotopic (exact) mass is 597 g/mol. The lowest BCUT2D eigenvalue weighted by atomic mass is 10.0. The van der Waals surface area contributed by atoms with E-state index in [1.165, 1.54) is 10.6 Å². The van der Waals surface area contributed by atoms with Crippen molar-refractivity contribution in [2.24, 2.45) is 0 Å². The molecule has 0 aliphatic carbocycles. The van der Waals surface area contributed by atoms with Crippen LogP contribution in [0, 0.1) is 0 Å². The van der Waals surface area contributed by atoms with Crippen molar-refractivity contribution >= 4 is 39.1 Å². The molecule has 3 aromatic carbocycles. The normalized spacial score (nSPS) is 12.0. The maximum Gasteiger partial charge on any atom is 0.243 e. The number of amides is 2. The lowest BCUT2D eigenvalue weighted by Crippen LogP contribution is -2.50. The second-order valence-corrected chi connectivity index (χ2v) is 12.4. The molecular formula is C32H40ClN3O4S. The summed E-state index contributed by atoms with van der Waals surface area (Å²) in [5.41, 5.74) is 3.34. The van der Waals surface area contributed by atoms with Gasteiger partial charge in [0.15, 0.2) is 0 Å². The van der Waals surface area contributed by atoms with Gasteiger partial charge in [0.25, 0.3) is 0 Å². The number of nitrogens with one attached hydrogen (secondary N) is 1. The van der Waals surface area contributed by atoms with E-state index in [1.807, 2.05) is 74.5 Å². The molecule has 0 aliphatic rings. The van der Waals surface area contributed by atoms with Crippen molar-refractivity contribution in [3.05, 3.63) is 101 Å². The SMILES string of the molecule is CCCNC(=O)C(Cc1ccccc1)N(Cc1ccccc1Cl)C(=O)CCCN(c1ccc(CC)cc1)S(C)(=O)=O. The van der Waals surface area contributed by atoms with E-state index in [2.05, 4.69) is 5.32 Å². The summed E-state index contributed by atoms with van der Waals surface area (Å²) in [4.78, 5) is 28.9. The molecule has 3 rings (SSSR count). The Labute approximate surface area is 249 Å². The highest BCUT2D eigenvalue weighted by Gasteiger charge is 2.30. The summed E-state index contributed by atoms with van der Waals surface area (Å²) >= 11 is 6.47. The second kappa shape index (κ2) is 15.6. The zero-order valence-corrected chi connectivity index (χ0v) is 25.6. The van der Waals surface area contributed by atoms with Crippen LogP contribution in [0.15, 0.2) is 78.9 Å². The lowest BCUT2D eigenvalue weighted by Gasteiger charge is -2.32. The number of hydrogen-bond donors (Lipinski definition) is 1. The maximum absolute atomic E-state index is 13.9. The van der Waals surface area contributed by atoms with E-state index in [9.17, 15) is 18.0 Å². The summed E-state index contributed by atoms with van der Waals surface area (Å²) in [7, 11) is -3.56. The molecule has 0 fully saturated rings. The van der Waals surface area contributed by atoms with E-state index in [1.54, 1.807) is 23.1 Å². The fourth-order valence-corrected chi connectivity index (χ4v) is 5.79. The average Bonchev–Trinajstić information content (AvgIpc) is 2.96. The van der Waals surface area contributed by atoms with Crippen molar-refractivity contribution in [3.63, 3.8) is 0 Å². The highest BCUT2D eigenvalue weighted by molar-refractivity contribution is 7.92. The minimum absolute atomic E-state index is 0.0653. The van der Waals surface area contributed by atoms with Crippen LogP contribution in [0.2, 0.25) is 5.02 Å². The Morgan fingerprint density at radius 1 is 0.902 bits per heavy atom. The highest BCUT2D eigenvalue weighted by Crippen LogP contribution is 2.23. The smallest absolute Gasteiger partial charge is 0.243 e. The van der Waals surface area contributed by atoms with Crippen LogP contribution in [-0.4, -0.2) is 50.5 Å². The summed E-state index contributed by atoms with van der Waals surface area (Å²) in [5.74, 6) is -0.475. The van der Waals surface area contributed by atoms with E-state index in [4.69, 9.17) is 11.6 Å². The first-order chi connectivity index (χ1) is 19.6. The molecule has 1 unspecified atom stereocenters. The minimum Gasteiger partial charge on any atom is -0.354 e. The van der Waals surface area contributed by atoms with E-state index in [-0.39, 0.29) is 37.7 Å². The number of hydrogen-bond acceptors (Lipinski definition) is 4. The van der Waals surface area contributed by atoms with Gasteiger partial charge in [-0.3, -0.25) is 13.9 Å². The summed E-state index contributed by atoms with van der Waals surface area (Å²) in [6.07, 6.45) is 3.48. The molecular weight excluding hydrogens is 558 g/mol. The number of carbonyl (C=O) groups excluding carboxylic acids is 2. The van der Waals surface area contributed by atoms with E-state index >= 15 is 0 Å². The van der Waals surface area contributed by atoms with Crippen LogP contribution in [0.4, 0.5) is 5.69 Å². The number of anilines is 1. The summed E-state index contributed by atoms with van der Waals surface area (Å²) in [6.45, 7) is 4.81. The Bertz CT molecular complexity index is 1380. The Hall–Kier alpha value is -3.36. The second-order valence-electron chi connectivity index (χ2n) is 10.1. The zero-order valence-electron chi connectivity index (χ0n) is 24.1. The van der Waals surface area contributed by atoms with Gasteiger partial charge in [0.1, 0.15) is 6.04 Å². The maximum atomic E-state index is 13.9.